The van der Waals surface area contributed by atoms with Gasteiger partial charge < -0.3 is 5.32 Å². The first-order chi connectivity index (χ1) is 15.9. The van der Waals surface area contributed by atoms with Crippen molar-refractivity contribution < 1.29 is 8.97 Å². The van der Waals surface area contributed by atoms with E-state index >= 15 is 4.39 Å². The molecule has 1 N–H and O–H groups in total. The van der Waals surface area contributed by atoms with Crippen LogP contribution in [0.25, 0.3) is 11.8 Å². The lowest BCUT2D eigenvalue weighted by Crippen LogP contribution is -2.56. The molecule has 0 saturated carbocycles. The van der Waals surface area contributed by atoms with Crippen molar-refractivity contribution in [1.82, 2.24) is 10.2 Å². The zero-order chi connectivity index (χ0) is 23.2. The summed E-state index contributed by atoms with van der Waals surface area (Å²) in [5.41, 5.74) is 6.61. The number of fused-ring (bicyclic) bond motifs is 2. The zero-order valence-electron chi connectivity index (χ0n) is 19.3. The molecule has 1 unspecified atom stereocenters. The van der Waals surface area contributed by atoms with Gasteiger partial charge in [-0.25, -0.2) is 4.39 Å². The molecule has 4 heteroatoms. The number of hydrogen-bond donors (Lipinski definition) is 1. The number of nitrogens with zero attached hydrogens (tertiary/aromatic N) is 2. The van der Waals surface area contributed by atoms with Gasteiger partial charge in [0.1, 0.15) is 0 Å². The Balaban J connectivity index is 1.41. The summed E-state index contributed by atoms with van der Waals surface area (Å²) in [4.78, 5) is 2.17. The highest BCUT2D eigenvalue weighted by Crippen LogP contribution is 2.42. The van der Waals surface area contributed by atoms with Crippen LogP contribution in [-0.4, -0.2) is 34.8 Å². The highest BCUT2D eigenvalue weighted by Gasteiger charge is 2.46. The molecule has 0 aromatic heterocycles. The van der Waals surface area contributed by atoms with Crippen molar-refractivity contribution in [3.63, 3.8) is 0 Å². The molecule has 2 aromatic carbocycles. The van der Waals surface area contributed by atoms with Crippen LogP contribution in [0.5, 0.6) is 0 Å². The Kier molecular flexibility index (Phi) is 5.41. The zero-order valence-corrected chi connectivity index (χ0v) is 19.3. The molecule has 0 radical (unpaired) electrons. The molecular formula is C29H31FN3+. The topological polar surface area (TPSA) is 18.3 Å². The first-order valence-electron chi connectivity index (χ1n) is 11.6. The summed E-state index contributed by atoms with van der Waals surface area (Å²) in [7, 11) is 0. The maximum Gasteiger partial charge on any atom is 0.206 e. The Hall–Kier alpha value is -3.24. The summed E-state index contributed by atoms with van der Waals surface area (Å²) in [5, 5.41) is 3.30. The van der Waals surface area contributed by atoms with Crippen molar-refractivity contribution >= 4 is 18.0 Å². The lowest BCUT2D eigenvalue weighted by Gasteiger charge is -2.45. The first kappa shape index (κ1) is 21.6. The van der Waals surface area contributed by atoms with Crippen LogP contribution in [0, 0.1) is 6.92 Å². The van der Waals surface area contributed by atoms with E-state index in [1.54, 1.807) is 0 Å². The lowest BCUT2D eigenvalue weighted by atomic mass is 9.81. The van der Waals surface area contributed by atoms with Crippen molar-refractivity contribution in [2.24, 2.45) is 0 Å². The van der Waals surface area contributed by atoms with E-state index < -0.39 is 5.67 Å². The standard InChI is InChI=1S/C29H31FN3/c1-20-12-15-28(22(3)31-20)33-16-8-11-26-21(2)25(23(33)4)13-14-27(26)29(30)18-32(19-29)17-24-9-6-5-7-10-24/h5-11,13-14,16,28,31H,1,3-4,12,15,17-19H2,2H3/q+1. The number of benzene rings is 2. The van der Waals surface area contributed by atoms with E-state index in [4.69, 9.17) is 0 Å². The van der Waals surface area contributed by atoms with Crippen LogP contribution in [0.15, 0.2) is 79.7 Å². The van der Waals surface area contributed by atoms with E-state index in [0.717, 1.165) is 58.7 Å². The molecule has 3 aliphatic heterocycles. The lowest BCUT2D eigenvalue weighted by molar-refractivity contribution is -0.463. The van der Waals surface area contributed by atoms with E-state index in [1.165, 1.54) is 5.56 Å². The number of likely N-dealkylation sites (tertiary alicyclic amines) is 1. The number of hydrogen-bond acceptors (Lipinski definition) is 2. The third kappa shape index (κ3) is 3.89. The minimum atomic E-state index is -1.33. The fraction of sp³-hybridized carbons (Fsp3) is 0.276. The first-order valence-corrected chi connectivity index (χ1v) is 11.6. The van der Waals surface area contributed by atoms with E-state index in [1.807, 2.05) is 48.7 Å². The summed E-state index contributed by atoms with van der Waals surface area (Å²) in [5.74, 6) is 0. The molecule has 2 saturated heterocycles. The highest BCUT2D eigenvalue weighted by atomic mass is 19.1. The Labute approximate surface area is 195 Å². The van der Waals surface area contributed by atoms with Crippen LogP contribution in [0.3, 0.4) is 0 Å². The fourth-order valence-electron chi connectivity index (χ4n) is 5.35. The smallest absolute Gasteiger partial charge is 0.206 e. The van der Waals surface area contributed by atoms with Crippen molar-refractivity contribution in [1.29, 1.82) is 0 Å². The second kappa shape index (κ2) is 8.27. The Morgan fingerprint density at radius 3 is 2.61 bits per heavy atom. The van der Waals surface area contributed by atoms with Crippen LogP contribution in [0.4, 0.5) is 4.39 Å². The van der Waals surface area contributed by atoms with Gasteiger partial charge in [-0.3, -0.25) is 4.90 Å². The normalized spacial score (nSPS) is 22.2. The second-order valence-electron chi connectivity index (χ2n) is 9.47. The Bertz CT molecular complexity index is 1200. The minimum absolute atomic E-state index is 0.110. The van der Waals surface area contributed by atoms with Crippen molar-refractivity contribution in [3.05, 3.63) is 107 Å². The molecule has 2 fully saturated rings. The van der Waals surface area contributed by atoms with Crippen LogP contribution in [0.1, 0.15) is 40.7 Å². The Morgan fingerprint density at radius 1 is 1.12 bits per heavy atom. The number of piperidine rings is 1. The average molecular weight is 441 g/mol. The predicted octanol–water partition coefficient (Wildman–Crippen LogP) is 5.54. The monoisotopic (exact) mass is 440 g/mol. The molecule has 3 nitrogen and oxygen atoms in total. The molecular weight excluding hydrogens is 409 g/mol. The van der Waals surface area contributed by atoms with Crippen LogP contribution in [0.2, 0.25) is 0 Å². The third-order valence-electron chi connectivity index (χ3n) is 7.12. The van der Waals surface area contributed by atoms with Crippen LogP contribution >= 0.6 is 0 Å². The minimum Gasteiger partial charge on any atom is -0.358 e. The van der Waals surface area contributed by atoms with Gasteiger partial charge in [0.25, 0.3) is 0 Å². The van der Waals surface area contributed by atoms with Gasteiger partial charge in [-0.1, -0.05) is 49.6 Å². The van der Waals surface area contributed by atoms with Gasteiger partial charge in [-0.15, -0.1) is 0 Å². The summed E-state index contributed by atoms with van der Waals surface area (Å²) < 4.78 is 18.2. The number of nitrogens with one attached hydrogen (secondary N) is 1. The molecule has 3 aliphatic rings. The van der Waals surface area contributed by atoms with Crippen LogP contribution < -0.4 is 5.32 Å². The number of alkyl halides is 1. The molecule has 1 atom stereocenters. The molecule has 33 heavy (non-hydrogen) atoms. The Morgan fingerprint density at radius 2 is 1.88 bits per heavy atom. The molecule has 5 rings (SSSR count). The predicted molar refractivity (Wildman–Crippen MR) is 135 cm³/mol. The maximum absolute atomic E-state index is 16.0. The summed E-state index contributed by atoms with van der Waals surface area (Å²) in [6.07, 6.45) is 7.94. The summed E-state index contributed by atoms with van der Waals surface area (Å²) >= 11 is 0. The van der Waals surface area contributed by atoms with Gasteiger partial charge in [-0.05, 0) is 54.3 Å². The molecule has 3 heterocycles. The molecule has 0 aliphatic carbocycles. The molecule has 168 valence electrons. The molecule has 0 amide bonds. The molecule has 2 aromatic rings. The van der Waals surface area contributed by atoms with E-state index in [2.05, 4.69) is 53.6 Å². The number of halogens is 1. The van der Waals surface area contributed by atoms with E-state index in [9.17, 15) is 0 Å². The van der Waals surface area contributed by atoms with Gasteiger partial charge in [0.05, 0.1) is 5.70 Å². The largest absolute Gasteiger partial charge is 0.358 e. The van der Waals surface area contributed by atoms with Gasteiger partial charge in [0, 0.05) is 43.4 Å². The van der Waals surface area contributed by atoms with Crippen LogP contribution in [-0.2, 0) is 12.2 Å². The number of rotatable bonds is 4. The van der Waals surface area contributed by atoms with E-state index in [0.29, 0.717) is 13.1 Å². The van der Waals surface area contributed by atoms with Gasteiger partial charge in [0.2, 0.25) is 5.70 Å². The van der Waals surface area contributed by atoms with Gasteiger partial charge in [-0.2, -0.15) is 4.58 Å². The molecule has 0 spiro atoms. The second-order valence-corrected chi connectivity index (χ2v) is 9.47. The van der Waals surface area contributed by atoms with E-state index in [-0.39, 0.29) is 6.04 Å². The van der Waals surface area contributed by atoms with Crippen molar-refractivity contribution in [2.45, 2.75) is 38.0 Å². The number of allylic oxidation sites excluding steroid dienone is 2. The molecule has 2 bridgehead atoms. The fourth-order valence-corrected chi connectivity index (χ4v) is 5.35. The average Bonchev–Trinajstić information content (AvgIpc) is 2.77. The van der Waals surface area contributed by atoms with Crippen molar-refractivity contribution in [2.75, 3.05) is 13.1 Å². The third-order valence-corrected chi connectivity index (χ3v) is 7.12. The summed E-state index contributed by atoms with van der Waals surface area (Å²) in [6, 6.07) is 14.4. The quantitative estimate of drug-likeness (QED) is 0.630. The SMILES string of the molecule is C=C1CCC([N+]2=CC=Cc3c(C4(F)CN(Cc5ccccc5)C4)ccc(c3C)C2=C)C(=C)N1. The summed E-state index contributed by atoms with van der Waals surface area (Å²) in [6.45, 7) is 16.3. The van der Waals surface area contributed by atoms with Gasteiger partial charge in [0.15, 0.2) is 17.9 Å². The highest BCUT2D eigenvalue weighted by molar-refractivity contribution is 5.82. The van der Waals surface area contributed by atoms with Crippen molar-refractivity contribution in [3.8, 4) is 0 Å². The maximum atomic E-state index is 16.0. The van der Waals surface area contributed by atoms with Gasteiger partial charge >= 0.3 is 0 Å².